The van der Waals surface area contributed by atoms with Crippen LogP contribution in [0, 0.1) is 0 Å². The number of aromatic nitrogens is 2. The summed E-state index contributed by atoms with van der Waals surface area (Å²) in [5.41, 5.74) is 3.26. The molecule has 6 nitrogen and oxygen atoms in total. The molecule has 0 radical (unpaired) electrons. The van der Waals surface area contributed by atoms with E-state index in [1.165, 1.54) is 0 Å². The van der Waals surface area contributed by atoms with Gasteiger partial charge in [-0.15, -0.1) is 10.2 Å². The lowest BCUT2D eigenvalue weighted by molar-refractivity contribution is -0.115. The van der Waals surface area contributed by atoms with E-state index in [2.05, 4.69) is 20.4 Å². The number of nitrogens with zero attached hydrogens (tertiary/aromatic N) is 3. The highest BCUT2D eigenvalue weighted by atomic mass is 35.5. The summed E-state index contributed by atoms with van der Waals surface area (Å²) in [5, 5.41) is 12.2. The third kappa shape index (κ3) is 4.91. The topological polar surface area (TPSA) is 67.4 Å². The van der Waals surface area contributed by atoms with Gasteiger partial charge in [0.2, 0.25) is 5.91 Å². The molecule has 0 atom stereocenters. The van der Waals surface area contributed by atoms with Gasteiger partial charge in [-0.25, -0.2) is 0 Å². The maximum atomic E-state index is 12.3. The lowest BCUT2D eigenvalue weighted by atomic mass is 10.1. The van der Waals surface area contributed by atoms with Gasteiger partial charge < -0.3 is 15.0 Å². The third-order valence-corrected chi connectivity index (χ3v) is 5.13. The zero-order valence-corrected chi connectivity index (χ0v) is 16.6. The SMILES string of the molecule is O=C(Cc1ccccc1Cl)Nc1ccc(-c2ccc(N3CCOCC3)nn2)cc1. The van der Waals surface area contributed by atoms with Crippen molar-refractivity contribution >= 4 is 29.0 Å². The predicted octanol–water partition coefficient (Wildman–Crippen LogP) is 3.81. The highest BCUT2D eigenvalue weighted by Gasteiger charge is 2.13. The van der Waals surface area contributed by atoms with Crippen molar-refractivity contribution in [1.82, 2.24) is 10.2 Å². The van der Waals surface area contributed by atoms with E-state index >= 15 is 0 Å². The van der Waals surface area contributed by atoms with Crippen molar-refractivity contribution < 1.29 is 9.53 Å². The maximum absolute atomic E-state index is 12.3. The molecule has 1 N–H and O–H groups in total. The molecule has 1 amide bonds. The largest absolute Gasteiger partial charge is 0.378 e. The molecule has 3 aromatic rings. The number of anilines is 2. The number of carbonyl (C=O) groups excluding carboxylic acids is 1. The molecule has 2 aromatic carbocycles. The fourth-order valence-electron chi connectivity index (χ4n) is 3.18. The smallest absolute Gasteiger partial charge is 0.228 e. The summed E-state index contributed by atoms with van der Waals surface area (Å²) in [7, 11) is 0. The second kappa shape index (κ2) is 9.03. The van der Waals surface area contributed by atoms with Gasteiger partial charge in [-0.2, -0.15) is 0 Å². The normalized spacial score (nSPS) is 13.9. The number of benzene rings is 2. The van der Waals surface area contributed by atoms with Crippen LogP contribution in [-0.2, 0) is 16.0 Å². The highest BCUT2D eigenvalue weighted by molar-refractivity contribution is 6.31. The molecule has 1 aliphatic rings. The first-order chi connectivity index (χ1) is 14.2. The number of halogens is 1. The van der Waals surface area contributed by atoms with Crippen LogP contribution in [0.5, 0.6) is 0 Å². The zero-order chi connectivity index (χ0) is 20.1. The molecule has 1 aliphatic heterocycles. The Balaban J connectivity index is 1.38. The lowest BCUT2D eigenvalue weighted by Crippen LogP contribution is -2.36. The minimum atomic E-state index is -0.111. The van der Waals surface area contributed by atoms with Gasteiger partial charge in [0, 0.05) is 29.4 Å². The molecule has 0 aliphatic carbocycles. The Bertz CT molecular complexity index is 971. The second-order valence-corrected chi connectivity index (χ2v) is 7.18. The molecule has 29 heavy (non-hydrogen) atoms. The lowest BCUT2D eigenvalue weighted by Gasteiger charge is -2.27. The van der Waals surface area contributed by atoms with Crippen molar-refractivity contribution in [3.8, 4) is 11.3 Å². The molecule has 0 saturated carbocycles. The quantitative estimate of drug-likeness (QED) is 0.695. The molecule has 0 bridgehead atoms. The molecule has 7 heteroatoms. The summed E-state index contributed by atoms with van der Waals surface area (Å²) >= 11 is 6.12. The van der Waals surface area contributed by atoms with Crippen LogP contribution in [0.1, 0.15) is 5.56 Å². The first-order valence-electron chi connectivity index (χ1n) is 9.49. The molecular weight excluding hydrogens is 388 g/mol. The molecule has 4 rings (SSSR count). The monoisotopic (exact) mass is 408 g/mol. The molecule has 1 saturated heterocycles. The van der Waals surface area contributed by atoms with Crippen molar-refractivity contribution in [1.29, 1.82) is 0 Å². The number of nitrogens with one attached hydrogen (secondary N) is 1. The fraction of sp³-hybridized carbons (Fsp3) is 0.227. The first kappa shape index (κ1) is 19.4. The Morgan fingerprint density at radius 2 is 1.76 bits per heavy atom. The van der Waals surface area contributed by atoms with Crippen LogP contribution >= 0.6 is 11.6 Å². The Labute approximate surface area is 174 Å². The summed E-state index contributed by atoms with van der Waals surface area (Å²) in [6.45, 7) is 3.09. The van der Waals surface area contributed by atoms with E-state index in [4.69, 9.17) is 16.3 Å². The molecule has 1 fully saturated rings. The Morgan fingerprint density at radius 1 is 1.00 bits per heavy atom. The third-order valence-electron chi connectivity index (χ3n) is 4.76. The summed E-state index contributed by atoms with van der Waals surface area (Å²) in [6, 6.07) is 18.8. The van der Waals surface area contributed by atoms with Gasteiger partial charge >= 0.3 is 0 Å². The van der Waals surface area contributed by atoms with Crippen molar-refractivity contribution in [3.05, 3.63) is 71.2 Å². The molecule has 0 unspecified atom stereocenters. The predicted molar refractivity (Wildman–Crippen MR) is 114 cm³/mol. The van der Waals surface area contributed by atoms with E-state index in [1.54, 1.807) is 6.07 Å². The number of amides is 1. The molecule has 1 aromatic heterocycles. The van der Waals surface area contributed by atoms with E-state index in [1.807, 2.05) is 54.6 Å². The molecule has 2 heterocycles. The highest BCUT2D eigenvalue weighted by Crippen LogP contribution is 2.22. The van der Waals surface area contributed by atoms with E-state index in [0.29, 0.717) is 18.2 Å². The van der Waals surface area contributed by atoms with Crippen LogP contribution in [-0.4, -0.2) is 42.4 Å². The molecule has 0 spiro atoms. The van der Waals surface area contributed by atoms with Crippen molar-refractivity contribution in [2.75, 3.05) is 36.5 Å². The van der Waals surface area contributed by atoms with Gasteiger partial charge in [-0.05, 0) is 35.9 Å². The van der Waals surface area contributed by atoms with Crippen LogP contribution in [0.4, 0.5) is 11.5 Å². The number of hydrogen-bond acceptors (Lipinski definition) is 5. The van der Waals surface area contributed by atoms with Gasteiger partial charge in [0.05, 0.1) is 25.3 Å². The minimum absolute atomic E-state index is 0.111. The average molecular weight is 409 g/mol. The first-order valence-corrected chi connectivity index (χ1v) is 9.87. The van der Waals surface area contributed by atoms with E-state index < -0.39 is 0 Å². The number of ether oxygens (including phenoxy) is 1. The summed E-state index contributed by atoms with van der Waals surface area (Å²) in [5.74, 6) is 0.751. The standard InChI is InChI=1S/C22H21ClN4O2/c23-19-4-2-1-3-17(19)15-22(28)24-18-7-5-16(6-8-18)20-9-10-21(26-25-20)27-11-13-29-14-12-27/h1-10H,11-15H2,(H,24,28). The van der Waals surface area contributed by atoms with E-state index in [-0.39, 0.29) is 12.3 Å². The number of carbonyl (C=O) groups is 1. The van der Waals surface area contributed by atoms with Gasteiger partial charge in [0.25, 0.3) is 0 Å². The van der Waals surface area contributed by atoms with Gasteiger partial charge in [-0.1, -0.05) is 41.9 Å². The van der Waals surface area contributed by atoms with Crippen molar-refractivity contribution in [3.63, 3.8) is 0 Å². The molecule has 148 valence electrons. The Kier molecular flexibility index (Phi) is 6.03. The van der Waals surface area contributed by atoms with Crippen LogP contribution in [0.3, 0.4) is 0 Å². The van der Waals surface area contributed by atoms with Crippen LogP contribution in [0.2, 0.25) is 5.02 Å². The van der Waals surface area contributed by atoms with Gasteiger partial charge in [-0.3, -0.25) is 4.79 Å². The van der Waals surface area contributed by atoms with Crippen LogP contribution in [0.25, 0.3) is 11.3 Å². The van der Waals surface area contributed by atoms with Gasteiger partial charge in [0.1, 0.15) is 0 Å². The summed E-state index contributed by atoms with van der Waals surface area (Å²) in [4.78, 5) is 14.4. The van der Waals surface area contributed by atoms with Crippen LogP contribution in [0.15, 0.2) is 60.7 Å². The van der Waals surface area contributed by atoms with Crippen LogP contribution < -0.4 is 10.2 Å². The maximum Gasteiger partial charge on any atom is 0.228 e. The summed E-state index contributed by atoms with van der Waals surface area (Å²) < 4.78 is 5.37. The summed E-state index contributed by atoms with van der Waals surface area (Å²) in [6.07, 6.45) is 0.232. The Morgan fingerprint density at radius 3 is 2.45 bits per heavy atom. The Hall–Kier alpha value is -2.96. The number of hydrogen-bond donors (Lipinski definition) is 1. The van der Waals surface area contributed by atoms with Crippen molar-refractivity contribution in [2.24, 2.45) is 0 Å². The fourth-order valence-corrected chi connectivity index (χ4v) is 3.39. The van der Waals surface area contributed by atoms with E-state index in [9.17, 15) is 4.79 Å². The van der Waals surface area contributed by atoms with Crippen molar-refractivity contribution in [2.45, 2.75) is 6.42 Å². The van der Waals surface area contributed by atoms with E-state index in [0.717, 1.165) is 41.4 Å². The zero-order valence-electron chi connectivity index (χ0n) is 15.8. The molecular formula is C22H21ClN4O2. The number of rotatable bonds is 5. The minimum Gasteiger partial charge on any atom is -0.378 e. The number of morpholine rings is 1. The second-order valence-electron chi connectivity index (χ2n) is 6.77. The van der Waals surface area contributed by atoms with Gasteiger partial charge in [0.15, 0.2) is 5.82 Å². The average Bonchev–Trinajstić information content (AvgIpc) is 2.77.